The normalized spacial score (nSPS) is 25.1. The van der Waals surface area contributed by atoms with E-state index >= 15 is 0 Å². The molecular formula is C21H28N4O4. The molecule has 1 aromatic carbocycles. The van der Waals surface area contributed by atoms with Crippen molar-refractivity contribution in [2.24, 2.45) is 11.1 Å². The van der Waals surface area contributed by atoms with Crippen LogP contribution in [0, 0.1) is 5.41 Å². The van der Waals surface area contributed by atoms with Crippen LogP contribution in [-0.2, 0) is 9.59 Å². The molecule has 1 saturated heterocycles. The first-order valence-electron chi connectivity index (χ1n) is 9.94. The molecule has 4 N–H and O–H groups in total. The van der Waals surface area contributed by atoms with Crippen LogP contribution in [0.15, 0.2) is 36.4 Å². The maximum atomic E-state index is 13.0. The number of hydrogen-bond donors (Lipinski definition) is 3. The predicted molar refractivity (Wildman–Crippen MR) is 108 cm³/mol. The van der Waals surface area contributed by atoms with Gasteiger partial charge in [0.1, 0.15) is 12.4 Å². The summed E-state index contributed by atoms with van der Waals surface area (Å²) in [6.07, 6.45) is 5.90. The highest BCUT2D eigenvalue weighted by Gasteiger charge is 2.41. The van der Waals surface area contributed by atoms with E-state index in [0.717, 1.165) is 19.4 Å². The zero-order valence-electron chi connectivity index (χ0n) is 16.5. The van der Waals surface area contributed by atoms with Gasteiger partial charge in [-0.05, 0) is 37.9 Å². The van der Waals surface area contributed by atoms with Crippen molar-refractivity contribution in [1.82, 2.24) is 15.5 Å². The minimum Gasteiger partial charge on any atom is -0.489 e. The number of para-hydroxylation sites is 1. The molecule has 8 heteroatoms. The number of rotatable bonds is 2. The third-order valence-electron chi connectivity index (χ3n) is 5.36. The molecule has 3 amide bonds. The van der Waals surface area contributed by atoms with Crippen LogP contribution < -0.4 is 21.1 Å². The molecule has 0 aliphatic carbocycles. The Hall–Kier alpha value is -2.87. The molecule has 0 aromatic heterocycles. The van der Waals surface area contributed by atoms with E-state index in [0.29, 0.717) is 44.0 Å². The lowest BCUT2D eigenvalue weighted by Gasteiger charge is -2.41. The predicted octanol–water partition coefficient (Wildman–Crippen LogP) is 0.439. The van der Waals surface area contributed by atoms with Crippen molar-refractivity contribution in [3.8, 4) is 5.75 Å². The zero-order chi connectivity index (χ0) is 20.7. The van der Waals surface area contributed by atoms with E-state index in [-0.39, 0.29) is 18.4 Å². The van der Waals surface area contributed by atoms with Gasteiger partial charge in [-0.1, -0.05) is 24.3 Å². The molecule has 29 heavy (non-hydrogen) atoms. The Morgan fingerprint density at radius 2 is 1.97 bits per heavy atom. The summed E-state index contributed by atoms with van der Waals surface area (Å²) in [7, 11) is 0. The smallest absolute Gasteiger partial charge is 0.255 e. The van der Waals surface area contributed by atoms with Gasteiger partial charge < -0.3 is 21.1 Å². The number of nitrogens with one attached hydrogen (secondary N) is 2. The third-order valence-corrected chi connectivity index (χ3v) is 5.36. The summed E-state index contributed by atoms with van der Waals surface area (Å²) in [4.78, 5) is 38.7. The van der Waals surface area contributed by atoms with E-state index in [1.54, 1.807) is 18.2 Å². The molecule has 8 nitrogen and oxygen atoms in total. The molecule has 1 spiro atoms. The van der Waals surface area contributed by atoms with Gasteiger partial charge in [0.05, 0.1) is 17.5 Å². The van der Waals surface area contributed by atoms with Crippen LogP contribution in [0.5, 0.6) is 5.75 Å². The van der Waals surface area contributed by atoms with Crippen LogP contribution in [0.4, 0.5) is 0 Å². The maximum Gasteiger partial charge on any atom is 0.255 e. The number of fused-ring (bicyclic) bond motifs is 1. The summed E-state index contributed by atoms with van der Waals surface area (Å²) in [5, 5.41) is 5.77. The fraction of sp³-hybridized carbons (Fsp3) is 0.476. The second-order valence-corrected chi connectivity index (χ2v) is 7.56. The standard InChI is InChI=1S/C21H28N4O4/c22-18(26)14-25-12-5-9-21(15-25)8-3-4-13-29-17-7-2-1-6-16(17)19(27)23-10-11-24-20(21)28/h1-4,6-7H,5,8-15H2,(H2,22,26)(H,23,27)(H,24,28)/b4-3+. The molecule has 1 aromatic rings. The molecule has 2 aliphatic heterocycles. The zero-order valence-corrected chi connectivity index (χ0v) is 16.5. The SMILES string of the molecule is NC(=O)CN1CCCC2(C/C=C/COc3ccccc3C(=O)NCCNC2=O)C1. The number of primary amides is 1. The number of benzene rings is 1. The van der Waals surface area contributed by atoms with Crippen molar-refractivity contribution < 1.29 is 19.1 Å². The van der Waals surface area contributed by atoms with E-state index in [9.17, 15) is 14.4 Å². The maximum absolute atomic E-state index is 13.0. The lowest BCUT2D eigenvalue weighted by molar-refractivity contribution is -0.135. The van der Waals surface area contributed by atoms with Crippen LogP contribution in [0.1, 0.15) is 29.6 Å². The van der Waals surface area contributed by atoms with Crippen LogP contribution in [0.25, 0.3) is 0 Å². The highest BCUT2D eigenvalue weighted by atomic mass is 16.5. The van der Waals surface area contributed by atoms with Crippen LogP contribution in [-0.4, -0.2) is 62.0 Å². The van der Waals surface area contributed by atoms with E-state index in [2.05, 4.69) is 10.6 Å². The molecule has 156 valence electrons. The third kappa shape index (κ3) is 5.35. The fourth-order valence-corrected chi connectivity index (χ4v) is 3.96. The highest BCUT2D eigenvalue weighted by molar-refractivity contribution is 5.97. The average molecular weight is 400 g/mol. The molecule has 3 rings (SSSR count). The summed E-state index contributed by atoms with van der Waals surface area (Å²) in [5.41, 5.74) is 5.19. The van der Waals surface area contributed by atoms with Gasteiger partial charge in [-0.2, -0.15) is 0 Å². The van der Waals surface area contributed by atoms with Crippen molar-refractivity contribution >= 4 is 17.7 Å². The van der Waals surface area contributed by atoms with Crippen molar-refractivity contribution in [2.75, 3.05) is 39.3 Å². The van der Waals surface area contributed by atoms with Gasteiger partial charge in [-0.3, -0.25) is 19.3 Å². The number of carbonyl (C=O) groups is 3. The molecule has 1 unspecified atom stereocenters. The van der Waals surface area contributed by atoms with Gasteiger partial charge in [0.15, 0.2) is 0 Å². The molecule has 0 saturated carbocycles. The number of allylic oxidation sites excluding steroid dienone is 1. The first-order valence-corrected chi connectivity index (χ1v) is 9.94. The largest absolute Gasteiger partial charge is 0.489 e. The molecule has 1 fully saturated rings. The van der Waals surface area contributed by atoms with E-state index < -0.39 is 11.3 Å². The second-order valence-electron chi connectivity index (χ2n) is 7.56. The number of hydrogen-bond acceptors (Lipinski definition) is 5. The van der Waals surface area contributed by atoms with Crippen molar-refractivity contribution in [2.45, 2.75) is 19.3 Å². The summed E-state index contributed by atoms with van der Waals surface area (Å²) in [5.74, 6) is -0.177. The Kier molecular flexibility index (Phi) is 6.87. The van der Waals surface area contributed by atoms with E-state index in [1.165, 1.54) is 0 Å². The molecule has 2 aliphatic rings. The molecule has 0 bridgehead atoms. The van der Waals surface area contributed by atoms with Gasteiger partial charge >= 0.3 is 0 Å². The Bertz CT molecular complexity index is 795. The molecule has 1 atom stereocenters. The fourth-order valence-electron chi connectivity index (χ4n) is 3.96. The van der Waals surface area contributed by atoms with Gasteiger partial charge in [-0.15, -0.1) is 0 Å². The number of piperidine rings is 1. The molecule has 2 heterocycles. The Balaban J connectivity index is 1.77. The van der Waals surface area contributed by atoms with E-state index in [1.807, 2.05) is 23.1 Å². The van der Waals surface area contributed by atoms with E-state index in [4.69, 9.17) is 10.5 Å². The summed E-state index contributed by atoms with van der Waals surface area (Å²) in [6, 6.07) is 7.08. The van der Waals surface area contributed by atoms with Gasteiger partial charge in [-0.25, -0.2) is 0 Å². The van der Waals surface area contributed by atoms with Crippen molar-refractivity contribution in [3.05, 3.63) is 42.0 Å². The summed E-state index contributed by atoms with van der Waals surface area (Å²) >= 11 is 0. The number of ether oxygens (including phenoxy) is 1. The van der Waals surface area contributed by atoms with Crippen molar-refractivity contribution in [1.29, 1.82) is 0 Å². The topological polar surface area (TPSA) is 114 Å². The number of likely N-dealkylation sites (tertiary alicyclic amines) is 1. The second kappa shape index (κ2) is 9.56. The van der Waals surface area contributed by atoms with Crippen LogP contribution in [0.3, 0.4) is 0 Å². The number of amides is 3. The minimum absolute atomic E-state index is 0.0658. The van der Waals surface area contributed by atoms with Crippen molar-refractivity contribution in [3.63, 3.8) is 0 Å². The average Bonchev–Trinajstić information content (AvgIpc) is 2.70. The quantitative estimate of drug-likeness (QED) is 0.624. The number of nitrogens with zero attached hydrogens (tertiary/aromatic N) is 1. The Morgan fingerprint density at radius 3 is 2.79 bits per heavy atom. The highest BCUT2D eigenvalue weighted by Crippen LogP contribution is 2.34. The first kappa shape index (κ1) is 20.9. The van der Waals surface area contributed by atoms with Gasteiger partial charge in [0.2, 0.25) is 11.8 Å². The number of nitrogens with two attached hydrogens (primary N) is 1. The number of carbonyl (C=O) groups excluding carboxylic acids is 3. The van der Waals surface area contributed by atoms with Gasteiger partial charge in [0, 0.05) is 19.6 Å². The Morgan fingerprint density at radius 1 is 1.17 bits per heavy atom. The summed E-state index contributed by atoms with van der Waals surface area (Å²) < 4.78 is 5.76. The molecular weight excluding hydrogens is 372 g/mol. The van der Waals surface area contributed by atoms with Crippen LogP contribution >= 0.6 is 0 Å². The Labute approximate surface area is 170 Å². The lowest BCUT2D eigenvalue weighted by atomic mass is 9.76. The summed E-state index contributed by atoms with van der Waals surface area (Å²) in [6.45, 7) is 2.31. The first-order chi connectivity index (χ1) is 14.0. The van der Waals surface area contributed by atoms with Gasteiger partial charge in [0.25, 0.3) is 5.91 Å². The lowest BCUT2D eigenvalue weighted by Crippen LogP contribution is -2.54. The molecule has 0 radical (unpaired) electrons. The monoisotopic (exact) mass is 400 g/mol. The minimum atomic E-state index is -0.629. The van der Waals surface area contributed by atoms with Crippen LogP contribution in [0.2, 0.25) is 0 Å².